The highest BCUT2D eigenvalue weighted by Crippen LogP contribution is 2.45. The molecule has 1 saturated heterocycles. The van der Waals surface area contributed by atoms with Crippen molar-refractivity contribution in [3.63, 3.8) is 0 Å². The van der Waals surface area contributed by atoms with Crippen molar-refractivity contribution in [3.8, 4) is 5.75 Å². The summed E-state index contributed by atoms with van der Waals surface area (Å²) in [4.78, 5) is 2.52. The highest BCUT2D eigenvalue weighted by atomic mass is 79.9. The number of hydrogen-bond acceptors (Lipinski definition) is 3. The molecule has 2 heterocycles. The van der Waals surface area contributed by atoms with Crippen molar-refractivity contribution in [3.05, 3.63) is 28.2 Å². The van der Waals surface area contributed by atoms with Crippen molar-refractivity contribution in [2.45, 2.75) is 57.3 Å². The number of hydrogen-bond donors (Lipinski definition) is 1. The molecular formula is C17H24BrNO2. The summed E-state index contributed by atoms with van der Waals surface area (Å²) in [6.07, 6.45) is 3.46. The van der Waals surface area contributed by atoms with Crippen molar-refractivity contribution >= 4 is 15.9 Å². The Morgan fingerprint density at radius 3 is 2.90 bits per heavy atom. The van der Waals surface area contributed by atoms with E-state index in [2.05, 4.69) is 34.7 Å². The Hall–Kier alpha value is -0.580. The fourth-order valence-electron chi connectivity index (χ4n) is 3.62. The summed E-state index contributed by atoms with van der Waals surface area (Å²) in [5, 5.41) is 10.6. The Kier molecular flexibility index (Phi) is 4.30. The molecule has 0 aromatic heterocycles. The minimum Gasteiger partial charge on any atom is -0.487 e. The van der Waals surface area contributed by atoms with E-state index in [4.69, 9.17) is 4.74 Å². The summed E-state index contributed by atoms with van der Waals surface area (Å²) in [6.45, 7) is 6.69. The van der Waals surface area contributed by atoms with Gasteiger partial charge in [0.05, 0.1) is 6.10 Å². The molecule has 0 bridgehead atoms. The number of nitrogens with zero attached hydrogens (tertiary/aromatic N) is 1. The minimum atomic E-state index is -0.420. The molecule has 0 saturated carbocycles. The van der Waals surface area contributed by atoms with Crippen LogP contribution in [0.2, 0.25) is 0 Å². The third-order valence-electron chi connectivity index (χ3n) is 4.89. The quantitative estimate of drug-likeness (QED) is 0.830. The second kappa shape index (κ2) is 5.90. The van der Waals surface area contributed by atoms with E-state index in [1.54, 1.807) is 0 Å². The number of benzene rings is 1. The molecule has 0 aliphatic carbocycles. The molecule has 2 aliphatic heterocycles. The Morgan fingerprint density at radius 2 is 2.14 bits per heavy atom. The molecule has 0 amide bonds. The lowest BCUT2D eigenvalue weighted by atomic mass is 9.83. The fraction of sp³-hybridized carbons (Fsp3) is 0.647. The molecule has 0 radical (unpaired) electrons. The predicted molar refractivity (Wildman–Crippen MR) is 87.6 cm³/mol. The topological polar surface area (TPSA) is 32.7 Å². The van der Waals surface area contributed by atoms with Crippen molar-refractivity contribution in [1.82, 2.24) is 4.90 Å². The zero-order valence-corrected chi connectivity index (χ0v) is 14.4. The molecule has 3 rings (SSSR count). The van der Waals surface area contributed by atoms with Crippen LogP contribution in [-0.2, 0) is 0 Å². The van der Waals surface area contributed by atoms with E-state index in [0.717, 1.165) is 48.1 Å². The average molecular weight is 354 g/mol. The predicted octanol–water partition coefficient (Wildman–Crippen LogP) is 3.90. The van der Waals surface area contributed by atoms with Gasteiger partial charge in [0.1, 0.15) is 11.4 Å². The zero-order valence-electron chi connectivity index (χ0n) is 12.8. The van der Waals surface area contributed by atoms with Gasteiger partial charge in [-0.05, 0) is 57.9 Å². The number of fused-ring (bicyclic) bond motifs is 1. The van der Waals surface area contributed by atoms with Crippen LogP contribution < -0.4 is 4.74 Å². The average Bonchev–Trinajstić information content (AvgIpc) is 2.63. The third kappa shape index (κ3) is 3.13. The van der Waals surface area contributed by atoms with Gasteiger partial charge in [-0.15, -0.1) is 0 Å². The van der Waals surface area contributed by atoms with Gasteiger partial charge in [-0.25, -0.2) is 0 Å². The van der Waals surface area contributed by atoms with Crippen molar-refractivity contribution in [2.24, 2.45) is 0 Å². The van der Waals surface area contributed by atoms with Crippen LogP contribution in [-0.4, -0.2) is 34.7 Å². The first kappa shape index (κ1) is 15.3. The van der Waals surface area contributed by atoms with Crippen LogP contribution in [0.1, 0.15) is 51.2 Å². The molecule has 1 aromatic carbocycles. The van der Waals surface area contributed by atoms with E-state index < -0.39 is 6.10 Å². The smallest absolute Gasteiger partial charge is 0.126 e. The van der Waals surface area contributed by atoms with Crippen molar-refractivity contribution < 1.29 is 9.84 Å². The summed E-state index contributed by atoms with van der Waals surface area (Å²) in [5.74, 6) is 0.856. The highest BCUT2D eigenvalue weighted by Gasteiger charge is 2.41. The Morgan fingerprint density at radius 1 is 1.33 bits per heavy atom. The summed E-state index contributed by atoms with van der Waals surface area (Å²) in [7, 11) is 0. The Balaban J connectivity index is 1.82. The van der Waals surface area contributed by atoms with Crippen LogP contribution in [0.25, 0.3) is 0 Å². The second-order valence-electron chi connectivity index (χ2n) is 6.67. The number of likely N-dealkylation sites (tertiary alicyclic amines) is 1. The van der Waals surface area contributed by atoms with Gasteiger partial charge in [0, 0.05) is 29.0 Å². The Labute approximate surface area is 135 Å². The molecule has 4 heteroatoms. The Bertz CT molecular complexity index is 520. The van der Waals surface area contributed by atoms with Crippen molar-refractivity contribution in [1.29, 1.82) is 0 Å². The molecular weight excluding hydrogens is 330 g/mol. The second-order valence-corrected chi connectivity index (χ2v) is 7.59. The fourth-order valence-corrected chi connectivity index (χ4v) is 4.00. The zero-order chi connectivity index (χ0) is 15.0. The van der Waals surface area contributed by atoms with Crippen LogP contribution >= 0.6 is 15.9 Å². The number of aliphatic hydroxyl groups excluding tert-OH is 1. The molecule has 1 aromatic rings. The molecule has 116 valence electrons. The molecule has 21 heavy (non-hydrogen) atoms. The van der Waals surface area contributed by atoms with Crippen LogP contribution in [0, 0.1) is 0 Å². The maximum absolute atomic E-state index is 10.6. The van der Waals surface area contributed by atoms with Crippen LogP contribution in [0.15, 0.2) is 22.7 Å². The maximum atomic E-state index is 10.6. The van der Waals surface area contributed by atoms with E-state index in [1.165, 1.54) is 0 Å². The third-order valence-corrected chi connectivity index (χ3v) is 5.38. The highest BCUT2D eigenvalue weighted by molar-refractivity contribution is 9.10. The monoisotopic (exact) mass is 353 g/mol. The number of halogens is 1. The van der Waals surface area contributed by atoms with E-state index in [1.807, 2.05) is 18.2 Å². The largest absolute Gasteiger partial charge is 0.487 e. The number of ether oxygens (including phenoxy) is 1. The first-order valence-electron chi connectivity index (χ1n) is 7.90. The van der Waals surface area contributed by atoms with Crippen LogP contribution in [0.5, 0.6) is 5.75 Å². The van der Waals surface area contributed by atoms with E-state index in [0.29, 0.717) is 12.5 Å². The van der Waals surface area contributed by atoms with Gasteiger partial charge in [0.25, 0.3) is 0 Å². The molecule has 1 spiro atoms. The molecule has 3 nitrogen and oxygen atoms in total. The molecule has 2 unspecified atom stereocenters. The standard InChI is InChI=1S/C17H24BrNO2/c1-12(2)19-8-3-6-17(7-9-19)11-15(20)14-10-13(18)4-5-16(14)21-17/h4-5,10,12,15,20H,3,6-9,11H2,1-2H3. The summed E-state index contributed by atoms with van der Waals surface area (Å²) >= 11 is 3.47. The van der Waals surface area contributed by atoms with Gasteiger partial charge in [-0.1, -0.05) is 15.9 Å². The normalized spacial score (nSPS) is 30.0. The number of aliphatic hydroxyl groups is 1. The summed E-state index contributed by atoms with van der Waals surface area (Å²) in [5.41, 5.74) is 0.726. The molecule has 2 atom stereocenters. The molecule has 2 aliphatic rings. The minimum absolute atomic E-state index is 0.191. The van der Waals surface area contributed by atoms with Crippen LogP contribution in [0.4, 0.5) is 0 Å². The lowest BCUT2D eigenvalue weighted by Gasteiger charge is -2.40. The van der Waals surface area contributed by atoms with Gasteiger partial charge < -0.3 is 14.7 Å². The van der Waals surface area contributed by atoms with Gasteiger partial charge in [-0.2, -0.15) is 0 Å². The van der Waals surface area contributed by atoms with Gasteiger partial charge in [0.2, 0.25) is 0 Å². The first-order chi connectivity index (χ1) is 9.99. The van der Waals surface area contributed by atoms with Crippen LogP contribution in [0.3, 0.4) is 0 Å². The van der Waals surface area contributed by atoms with E-state index in [-0.39, 0.29) is 5.60 Å². The van der Waals surface area contributed by atoms with Gasteiger partial charge >= 0.3 is 0 Å². The van der Waals surface area contributed by atoms with Gasteiger partial charge in [0.15, 0.2) is 0 Å². The summed E-state index contributed by atoms with van der Waals surface area (Å²) in [6, 6.07) is 6.53. The lowest BCUT2D eigenvalue weighted by Crippen LogP contribution is -2.42. The first-order valence-corrected chi connectivity index (χ1v) is 8.69. The number of rotatable bonds is 1. The lowest BCUT2D eigenvalue weighted by molar-refractivity contribution is -0.0243. The molecule has 1 N–H and O–H groups in total. The maximum Gasteiger partial charge on any atom is 0.126 e. The van der Waals surface area contributed by atoms with Crippen molar-refractivity contribution in [2.75, 3.05) is 13.1 Å². The van der Waals surface area contributed by atoms with E-state index in [9.17, 15) is 5.11 Å². The van der Waals surface area contributed by atoms with Gasteiger partial charge in [-0.3, -0.25) is 0 Å². The SMILES string of the molecule is CC(C)N1CCCC2(CC1)CC(O)c1cc(Br)ccc1O2. The molecule has 1 fully saturated rings. The summed E-state index contributed by atoms with van der Waals surface area (Å²) < 4.78 is 7.38. The van der Waals surface area contributed by atoms with E-state index >= 15 is 0 Å².